The van der Waals surface area contributed by atoms with Crippen molar-refractivity contribution in [3.8, 4) is 0 Å². The highest BCUT2D eigenvalue weighted by Gasteiger charge is 1.93. The molecule has 0 aliphatic rings. The van der Waals surface area contributed by atoms with Crippen LogP contribution in [-0.2, 0) is 20.1 Å². The highest BCUT2D eigenvalue weighted by atomic mass is 32.2. The average molecular weight is 205 g/mol. The predicted octanol–water partition coefficient (Wildman–Crippen LogP) is -1.20. The minimum Gasteiger partial charge on any atom is -0.286 e. The molecule has 0 bridgehead atoms. The van der Waals surface area contributed by atoms with Gasteiger partial charge in [0.15, 0.2) is 0 Å². The minimum atomic E-state index is -3.66. The summed E-state index contributed by atoms with van der Waals surface area (Å²) in [7, 11) is -6.83. The van der Waals surface area contributed by atoms with Crippen LogP contribution in [-0.4, -0.2) is 33.4 Å². The van der Waals surface area contributed by atoms with Gasteiger partial charge in [0.1, 0.15) is 0 Å². The van der Waals surface area contributed by atoms with E-state index in [-0.39, 0.29) is 5.75 Å². The lowest BCUT2D eigenvalue weighted by Crippen LogP contribution is -2.07. The molecule has 0 aromatic carbocycles. The van der Waals surface area contributed by atoms with E-state index in [9.17, 15) is 16.8 Å². The van der Waals surface area contributed by atoms with Crippen LogP contribution < -0.4 is 5.14 Å². The van der Waals surface area contributed by atoms with Gasteiger partial charge in [0.2, 0.25) is 10.0 Å². The third kappa shape index (κ3) is 75.5. The van der Waals surface area contributed by atoms with Crippen molar-refractivity contribution in [3.63, 3.8) is 0 Å². The van der Waals surface area contributed by atoms with Crippen LogP contribution in [0, 0.1) is 0 Å². The van der Waals surface area contributed by atoms with Crippen LogP contribution >= 0.6 is 0 Å². The van der Waals surface area contributed by atoms with E-state index in [4.69, 9.17) is 4.55 Å². The highest BCUT2D eigenvalue weighted by Crippen LogP contribution is 1.74. The number of primary sulfonamides is 1. The summed E-state index contributed by atoms with van der Waals surface area (Å²) in [5.41, 5.74) is 0. The summed E-state index contributed by atoms with van der Waals surface area (Å²) in [6, 6.07) is 0. The van der Waals surface area contributed by atoms with Gasteiger partial charge in [0.25, 0.3) is 10.1 Å². The maximum atomic E-state index is 9.56. The molecule has 0 aromatic heterocycles. The van der Waals surface area contributed by atoms with Crippen molar-refractivity contribution in [3.05, 3.63) is 0 Å². The van der Waals surface area contributed by atoms with Gasteiger partial charge in [-0.25, -0.2) is 13.6 Å². The molecule has 0 saturated heterocycles. The summed E-state index contributed by atoms with van der Waals surface area (Å²) < 4.78 is 45.7. The first kappa shape index (κ1) is 13.4. The maximum Gasteiger partial charge on any atom is 0.264 e. The lowest BCUT2D eigenvalue weighted by molar-refractivity contribution is 0.484. The van der Waals surface area contributed by atoms with Crippen molar-refractivity contribution in [2.24, 2.45) is 5.14 Å². The number of nitrogens with two attached hydrogens (primary N) is 1. The summed E-state index contributed by atoms with van der Waals surface area (Å²) in [5.74, 6) is -0.201. The predicted molar refractivity (Wildman–Crippen MR) is 41.1 cm³/mol. The zero-order valence-corrected chi connectivity index (χ0v) is 7.81. The molecule has 8 heteroatoms. The Morgan fingerprint density at radius 1 is 1.27 bits per heavy atom. The molecule has 70 valence electrons. The zero-order valence-electron chi connectivity index (χ0n) is 6.18. The maximum absolute atomic E-state index is 9.56. The molecule has 0 unspecified atom stereocenters. The number of sulfonamides is 1. The lowest BCUT2D eigenvalue weighted by Gasteiger charge is -1.79. The van der Waals surface area contributed by atoms with Gasteiger partial charge in [-0.05, 0) is 6.92 Å². The van der Waals surface area contributed by atoms with E-state index in [2.05, 4.69) is 5.14 Å². The van der Waals surface area contributed by atoms with Crippen molar-refractivity contribution in [1.82, 2.24) is 0 Å². The third-order valence-electron chi connectivity index (χ3n) is 0.365. The summed E-state index contributed by atoms with van der Waals surface area (Å²) in [6.45, 7) is 1.37. The number of rotatable bonds is 1. The Labute approximate surface area is 66.2 Å². The average Bonchev–Trinajstić information content (AvgIpc) is 1.59. The van der Waals surface area contributed by atoms with Crippen molar-refractivity contribution < 1.29 is 21.4 Å². The zero-order chi connectivity index (χ0) is 9.71. The molecule has 0 spiro atoms. The number of hydrogen-bond donors (Lipinski definition) is 2. The van der Waals surface area contributed by atoms with E-state index in [1.807, 2.05) is 0 Å². The standard InChI is InChI=1S/C2H6O3S.CH5NO2S/c1-2-6(3,4)5;1-5(2,3)4/h2H2,1H3,(H,3,4,5);1H3,(H2,2,3,4). The van der Waals surface area contributed by atoms with Crippen LogP contribution in [0.3, 0.4) is 0 Å². The number of hydrogen-bond acceptors (Lipinski definition) is 4. The second kappa shape index (κ2) is 4.65. The van der Waals surface area contributed by atoms with E-state index in [0.29, 0.717) is 0 Å². The molecular weight excluding hydrogens is 194 g/mol. The van der Waals surface area contributed by atoms with E-state index in [0.717, 1.165) is 6.26 Å². The molecule has 3 N–H and O–H groups in total. The van der Waals surface area contributed by atoms with Crippen LogP contribution in [0.25, 0.3) is 0 Å². The van der Waals surface area contributed by atoms with Crippen LogP contribution in [0.1, 0.15) is 6.92 Å². The highest BCUT2D eigenvalue weighted by molar-refractivity contribution is 7.88. The summed E-state index contributed by atoms with van der Waals surface area (Å²) in [5, 5.41) is 4.33. The monoisotopic (exact) mass is 205 g/mol. The van der Waals surface area contributed by atoms with Gasteiger partial charge in [-0.2, -0.15) is 8.42 Å². The van der Waals surface area contributed by atoms with Crippen LogP contribution in [0.15, 0.2) is 0 Å². The molecule has 0 heterocycles. The molecule has 0 radical (unpaired) electrons. The molecule has 0 atom stereocenters. The van der Waals surface area contributed by atoms with Crippen LogP contribution in [0.4, 0.5) is 0 Å². The Balaban J connectivity index is 0. The van der Waals surface area contributed by atoms with Crippen LogP contribution in [0.5, 0.6) is 0 Å². The second-order valence-corrected chi connectivity index (χ2v) is 5.10. The fourth-order valence-electron chi connectivity index (χ4n) is 0. The smallest absolute Gasteiger partial charge is 0.264 e. The SMILES string of the molecule is CCS(=O)(=O)O.CS(N)(=O)=O. The Bertz CT molecular complexity index is 267. The first-order valence-electron chi connectivity index (χ1n) is 2.49. The van der Waals surface area contributed by atoms with Gasteiger partial charge in [-0.15, -0.1) is 0 Å². The van der Waals surface area contributed by atoms with Crippen molar-refractivity contribution in [2.75, 3.05) is 12.0 Å². The fraction of sp³-hybridized carbons (Fsp3) is 1.00. The molecular formula is C3H11NO5S2. The van der Waals surface area contributed by atoms with Crippen molar-refractivity contribution in [2.45, 2.75) is 6.92 Å². The normalized spacial score (nSPS) is 11.6. The Hall–Kier alpha value is -0.180. The second-order valence-electron chi connectivity index (χ2n) is 1.70. The van der Waals surface area contributed by atoms with E-state index in [1.165, 1.54) is 6.92 Å². The summed E-state index contributed by atoms with van der Waals surface area (Å²) in [6.07, 6.45) is 0.938. The van der Waals surface area contributed by atoms with E-state index < -0.39 is 20.1 Å². The largest absolute Gasteiger partial charge is 0.286 e. The Morgan fingerprint density at radius 3 is 1.36 bits per heavy atom. The molecule has 0 aromatic rings. The molecule has 0 aliphatic carbocycles. The van der Waals surface area contributed by atoms with Gasteiger partial charge < -0.3 is 0 Å². The topological polar surface area (TPSA) is 115 Å². The fourth-order valence-corrected chi connectivity index (χ4v) is 0. The van der Waals surface area contributed by atoms with Gasteiger partial charge in [0.05, 0.1) is 12.0 Å². The Morgan fingerprint density at radius 2 is 1.36 bits per heavy atom. The molecule has 6 nitrogen and oxygen atoms in total. The summed E-state index contributed by atoms with van der Waals surface area (Å²) >= 11 is 0. The first-order valence-corrected chi connectivity index (χ1v) is 6.05. The molecule has 0 rings (SSSR count). The molecule has 0 saturated carbocycles. The van der Waals surface area contributed by atoms with Crippen LogP contribution in [0.2, 0.25) is 0 Å². The molecule has 0 fully saturated rings. The van der Waals surface area contributed by atoms with Crippen molar-refractivity contribution >= 4 is 20.1 Å². The van der Waals surface area contributed by atoms with E-state index in [1.54, 1.807) is 0 Å². The van der Waals surface area contributed by atoms with Crippen molar-refractivity contribution in [1.29, 1.82) is 0 Å². The quantitative estimate of drug-likeness (QED) is 0.522. The molecule has 0 amide bonds. The van der Waals surface area contributed by atoms with Gasteiger partial charge in [-0.1, -0.05) is 0 Å². The third-order valence-corrected chi connectivity index (χ3v) is 1.09. The molecule has 0 aliphatic heterocycles. The van der Waals surface area contributed by atoms with Gasteiger partial charge in [0, 0.05) is 0 Å². The van der Waals surface area contributed by atoms with E-state index >= 15 is 0 Å². The Kier molecular flexibility index (Phi) is 5.67. The minimum absolute atomic E-state index is 0.201. The summed E-state index contributed by atoms with van der Waals surface area (Å²) in [4.78, 5) is 0. The van der Waals surface area contributed by atoms with Gasteiger partial charge in [-0.3, -0.25) is 4.55 Å². The first-order chi connectivity index (χ1) is 4.56. The lowest BCUT2D eigenvalue weighted by atomic mass is 11.0. The molecule has 11 heavy (non-hydrogen) atoms. The van der Waals surface area contributed by atoms with Gasteiger partial charge >= 0.3 is 0 Å².